The van der Waals surface area contributed by atoms with Gasteiger partial charge < -0.3 is 10.2 Å². The van der Waals surface area contributed by atoms with E-state index < -0.39 is 0 Å². The number of methoxy groups -OCH3 is 1. The number of halogens is 1. The van der Waals surface area contributed by atoms with Crippen LogP contribution in [0.4, 0.5) is 5.69 Å². The molecule has 1 saturated heterocycles. The first-order chi connectivity index (χ1) is 14.6. The highest BCUT2D eigenvalue weighted by Gasteiger charge is 2.39. The molecule has 0 aromatic heterocycles. The number of para-hydroxylation sites is 1. The van der Waals surface area contributed by atoms with Gasteiger partial charge in [0, 0.05) is 19.0 Å². The molecule has 0 aliphatic carbocycles. The molecule has 0 bridgehead atoms. The zero-order valence-electron chi connectivity index (χ0n) is 17.3. The van der Waals surface area contributed by atoms with Crippen molar-refractivity contribution < 1.29 is 4.74 Å². The van der Waals surface area contributed by atoms with E-state index in [1.165, 1.54) is 19.3 Å². The van der Waals surface area contributed by atoms with Gasteiger partial charge in [-0.3, -0.25) is 5.01 Å². The molecule has 0 saturated carbocycles. The molecule has 2 aliphatic heterocycles. The molecule has 0 spiro atoms. The van der Waals surface area contributed by atoms with Gasteiger partial charge >= 0.3 is 0 Å². The van der Waals surface area contributed by atoms with Crippen LogP contribution in [-0.4, -0.2) is 35.9 Å². The average Bonchev–Trinajstić information content (AvgIpc) is 3.12. The van der Waals surface area contributed by atoms with Gasteiger partial charge in [-0.15, -0.1) is 0 Å². The van der Waals surface area contributed by atoms with E-state index in [1.54, 1.807) is 7.11 Å². The lowest BCUT2D eigenvalue weighted by Crippen LogP contribution is -2.47. The van der Waals surface area contributed by atoms with E-state index in [0.29, 0.717) is 10.0 Å². The summed E-state index contributed by atoms with van der Waals surface area (Å²) in [7, 11) is 1.68. The number of piperidine rings is 1. The van der Waals surface area contributed by atoms with Crippen molar-refractivity contribution in [3.8, 4) is 5.75 Å². The van der Waals surface area contributed by atoms with Gasteiger partial charge in [0.25, 0.3) is 0 Å². The summed E-state index contributed by atoms with van der Waals surface area (Å²) in [5, 5.41) is 9.86. The maximum Gasteiger partial charge on any atom is 0.137 e. The monoisotopic (exact) mass is 442 g/mol. The van der Waals surface area contributed by atoms with Gasteiger partial charge in [-0.2, -0.15) is 5.10 Å². The van der Waals surface area contributed by atoms with E-state index in [2.05, 4.69) is 29.5 Å². The van der Waals surface area contributed by atoms with E-state index in [4.69, 9.17) is 33.7 Å². The predicted molar refractivity (Wildman–Crippen MR) is 127 cm³/mol. The normalized spacial score (nSPS) is 22.0. The van der Waals surface area contributed by atoms with E-state index >= 15 is 0 Å². The van der Waals surface area contributed by atoms with Crippen LogP contribution in [0.3, 0.4) is 0 Å². The van der Waals surface area contributed by atoms with Crippen molar-refractivity contribution in [3.05, 3.63) is 59.1 Å². The van der Waals surface area contributed by atoms with Crippen LogP contribution >= 0.6 is 23.8 Å². The van der Waals surface area contributed by atoms with Gasteiger partial charge in [0.1, 0.15) is 16.4 Å². The Morgan fingerprint density at radius 2 is 1.80 bits per heavy atom. The van der Waals surface area contributed by atoms with Crippen LogP contribution in [0, 0.1) is 5.92 Å². The van der Waals surface area contributed by atoms with Crippen LogP contribution in [0.1, 0.15) is 37.8 Å². The molecule has 2 aromatic carbocycles. The number of hydrazine groups is 1. The molecule has 0 amide bonds. The molecule has 1 fully saturated rings. The Bertz CT molecular complexity index is 927. The molecule has 1 N–H and O–H groups in total. The Morgan fingerprint density at radius 3 is 2.47 bits per heavy atom. The topological polar surface area (TPSA) is 40.1 Å². The summed E-state index contributed by atoms with van der Waals surface area (Å²) in [6.07, 6.45) is 3.66. The maximum atomic E-state index is 6.55. The van der Waals surface area contributed by atoms with Gasteiger partial charge in [0.15, 0.2) is 0 Å². The Hall–Kier alpha value is -2.15. The number of hydrogen-bond donors (Lipinski definition) is 1. The summed E-state index contributed by atoms with van der Waals surface area (Å²) in [6, 6.07) is 15.9. The standard InChI is InChI=1S/C23H27ClN4OS/c1-16-21(23(30)26-27-14-6-3-7-15-27)25-28(20-9-5-4-8-19(20)24)22(16)17-10-12-18(29-2)13-11-17/h4-5,8-13,16,22H,3,6-7,14-15H2,1-2H3,(H,26,30)/t16-,22-/m0/s1. The molecule has 4 rings (SSSR count). The predicted octanol–water partition coefficient (Wildman–Crippen LogP) is 5.22. The summed E-state index contributed by atoms with van der Waals surface area (Å²) in [5.74, 6) is 0.927. The van der Waals surface area contributed by atoms with Crippen molar-refractivity contribution >= 4 is 40.2 Å². The summed E-state index contributed by atoms with van der Waals surface area (Å²) in [4.78, 5) is 0.692. The molecule has 158 valence electrons. The molecular weight excluding hydrogens is 416 g/mol. The summed E-state index contributed by atoms with van der Waals surface area (Å²) < 4.78 is 5.33. The van der Waals surface area contributed by atoms with Crippen LogP contribution in [-0.2, 0) is 0 Å². The highest BCUT2D eigenvalue weighted by Crippen LogP contribution is 2.42. The summed E-state index contributed by atoms with van der Waals surface area (Å²) >= 11 is 12.3. The number of rotatable bonds is 5. The average molecular weight is 443 g/mol. The van der Waals surface area contributed by atoms with Crippen molar-refractivity contribution in [2.24, 2.45) is 11.0 Å². The maximum absolute atomic E-state index is 6.55. The lowest BCUT2D eigenvalue weighted by atomic mass is 9.91. The Labute approximate surface area is 188 Å². The number of anilines is 1. The number of hydrogen-bond acceptors (Lipinski definition) is 5. The summed E-state index contributed by atoms with van der Waals surface area (Å²) in [5.41, 5.74) is 6.33. The van der Waals surface area contributed by atoms with Gasteiger partial charge in [0.2, 0.25) is 0 Å². The SMILES string of the molecule is COc1ccc([C@@H]2[C@@H](C)C(C(=S)NN3CCCCC3)=NN2c2ccccc2Cl)cc1. The van der Waals surface area contributed by atoms with E-state index in [9.17, 15) is 0 Å². The van der Waals surface area contributed by atoms with Crippen molar-refractivity contribution in [3.63, 3.8) is 0 Å². The second kappa shape index (κ2) is 9.33. The smallest absolute Gasteiger partial charge is 0.137 e. The number of benzene rings is 2. The number of nitrogens with zero attached hydrogens (tertiary/aromatic N) is 3. The van der Waals surface area contributed by atoms with Crippen LogP contribution in [0.15, 0.2) is 53.6 Å². The lowest BCUT2D eigenvalue weighted by Gasteiger charge is -2.29. The van der Waals surface area contributed by atoms with Crippen molar-refractivity contribution in [2.75, 3.05) is 25.2 Å². The number of thiocarbonyl (C=S) groups is 1. The van der Waals surface area contributed by atoms with Crippen LogP contribution in [0.25, 0.3) is 0 Å². The third kappa shape index (κ3) is 4.31. The van der Waals surface area contributed by atoms with Crippen molar-refractivity contribution in [1.82, 2.24) is 10.4 Å². The zero-order valence-corrected chi connectivity index (χ0v) is 18.9. The largest absolute Gasteiger partial charge is 0.497 e. The third-order valence-corrected chi connectivity index (χ3v) is 6.41. The fourth-order valence-corrected chi connectivity index (χ4v) is 4.74. The quantitative estimate of drug-likeness (QED) is 0.643. The fraction of sp³-hybridized carbons (Fsp3) is 0.391. The van der Waals surface area contributed by atoms with Gasteiger partial charge in [-0.1, -0.05) is 61.4 Å². The Morgan fingerprint density at radius 1 is 1.10 bits per heavy atom. The second-order valence-electron chi connectivity index (χ2n) is 7.78. The number of ether oxygens (including phenoxy) is 1. The molecule has 0 unspecified atom stereocenters. The molecule has 0 radical (unpaired) electrons. The molecule has 2 heterocycles. The molecular formula is C23H27ClN4OS. The Kier molecular flexibility index (Phi) is 6.56. The minimum atomic E-state index is -0.00749. The summed E-state index contributed by atoms with van der Waals surface area (Å²) in [6.45, 7) is 4.20. The van der Waals surface area contributed by atoms with Crippen LogP contribution in [0.5, 0.6) is 5.75 Å². The second-order valence-corrected chi connectivity index (χ2v) is 8.59. The molecule has 30 heavy (non-hydrogen) atoms. The molecule has 2 aliphatic rings. The Balaban J connectivity index is 1.66. The zero-order chi connectivity index (χ0) is 21.1. The third-order valence-electron chi connectivity index (χ3n) is 5.79. The number of hydrazone groups is 1. The van der Waals surface area contributed by atoms with E-state index in [-0.39, 0.29) is 12.0 Å². The van der Waals surface area contributed by atoms with Crippen molar-refractivity contribution in [2.45, 2.75) is 32.2 Å². The van der Waals surface area contributed by atoms with Crippen molar-refractivity contribution in [1.29, 1.82) is 0 Å². The first-order valence-corrected chi connectivity index (χ1v) is 11.2. The van der Waals surface area contributed by atoms with E-state index in [0.717, 1.165) is 35.8 Å². The first-order valence-electron chi connectivity index (χ1n) is 10.4. The first kappa shape index (κ1) is 21.1. The minimum absolute atomic E-state index is 0.00749. The van der Waals surface area contributed by atoms with Gasteiger partial charge in [-0.05, 0) is 42.7 Å². The van der Waals surface area contributed by atoms with Crippen LogP contribution in [0.2, 0.25) is 5.02 Å². The highest BCUT2D eigenvalue weighted by atomic mass is 35.5. The van der Waals surface area contributed by atoms with Gasteiger partial charge in [0.05, 0.1) is 23.9 Å². The molecule has 7 heteroatoms. The van der Waals surface area contributed by atoms with Gasteiger partial charge in [-0.25, -0.2) is 5.01 Å². The molecule has 2 atom stereocenters. The molecule has 2 aromatic rings. The fourth-order valence-electron chi connectivity index (χ4n) is 4.16. The minimum Gasteiger partial charge on any atom is -0.497 e. The number of nitrogens with one attached hydrogen (secondary N) is 1. The molecule has 5 nitrogen and oxygen atoms in total. The highest BCUT2D eigenvalue weighted by molar-refractivity contribution is 7.82. The lowest BCUT2D eigenvalue weighted by molar-refractivity contribution is 0.197. The van der Waals surface area contributed by atoms with E-state index in [1.807, 2.05) is 41.4 Å². The van der Waals surface area contributed by atoms with Crippen LogP contribution < -0.4 is 15.2 Å².